The number of carbonyl (C=O) groups is 1. The summed E-state index contributed by atoms with van der Waals surface area (Å²) < 4.78 is 0. The molecule has 1 saturated heterocycles. The van der Waals surface area contributed by atoms with Crippen LogP contribution in [-0.4, -0.2) is 51.9 Å². The minimum Gasteiger partial charge on any atom is -0.353 e. The lowest BCUT2D eigenvalue weighted by Gasteiger charge is -2.35. The monoisotopic (exact) mass is 397 g/mol. The molecule has 0 unspecified atom stereocenters. The summed E-state index contributed by atoms with van der Waals surface area (Å²) in [6, 6.07) is 20.0. The summed E-state index contributed by atoms with van der Waals surface area (Å²) in [6.45, 7) is 4.87. The molecule has 6 heteroatoms. The molecule has 6 nitrogen and oxygen atoms in total. The van der Waals surface area contributed by atoms with E-state index in [-0.39, 0.29) is 5.91 Å². The minimum absolute atomic E-state index is 0.0520. The second-order valence-electron chi connectivity index (χ2n) is 7.66. The van der Waals surface area contributed by atoms with Crippen molar-refractivity contribution in [2.45, 2.75) is 6.92 Å². The average Bonchev–Trinajstić information content (AvgIpc) is 3.22. The second-order valence-corrected chi connectivity index (χ2v) is 7.66. The Morgan fingerprint density at radius 3 is 2.57 bits per heavy atom. The zero-order valence-corrected chi connectivity index (χ0v) is 16.9. The number of fused-ring (bicyclic) bond motifs is 1. The Hall–Kier alpha value is -3.67. The summed E-state index contributed by atoms with van der Waals surface area (Å²) in [7, 11) is 0. The zero-order chi connectivity index (χ0) is 20.5. The minimum atomic E-state index is 0.0520. The number of amides is 1. The molecule has 30 heavy (non-hydrogen) atoms. The quantitative estimate of drug-likeness (QED) is 0.570. The number of nitrogens with zero attached hydrogens (tertiary/aromatic N) is 4. The molecule has 0 bridgehead atoms. The molecule has 0 radical (unpaired) electrons. The van der Waals surface area contributed by atoms with E-state index < -0.39 is 0 Å². The highest BCUT2D eigenvalue weighted by Crippen LogP contribution is 2.21. The number of benzene rings is 2. The number of H-pyrrole nitrogens is 1. The third-order valence-electron chi connectivity index (χ3n) is 5.57. The van der Waals surface area contributed by atoms with Crippen LogP contribution in [0.25, 0.3) is 22.3 Å². The maximum atomic E-state index is 13.0. The fourth-order valence-corrected chi connectivity index (χ4v) is 3.92. The summed E-state index contributed by atoms with van der Waals surface area (Å²) >= 11 is 0. The van der Waals surface area contributed by atoms with Gasteiger partial charge in [-0.2, -0.15) is 0 Å². The van der Waals surface area contributed by atoms with Crippen molar-refractivity contribution in [3.63, 3.8) is 0 Å². The van der Waals surface area contributed by atoms with Crippen molar-refractivity contribution in [3.05, 3.63) is 78.1 Å². The number of carbonyl (C=O) groups excluding carboxylic acids is 1. The molecule has 1 aliphatic rings. The molecule has 1 N–H and O–H groups in total. The van der Waals surface area contributed by atoms with Gasteiger partial charge in [0.05, 0.1) is 0 Å². The Morgan fingerprint density at radius 1 is 0.967 bits per heavy atom. The van der Waals surface area contributed by atoms with Gasteiger partial charge in [0, 0.05) is 48.8 Å². The van der Waals surface area contributed by atoms with Gasteiger partial charge >= 0.3 is 0 Å². The van der Waals surface area contributed by atoms with Gasteiger partial charge < -0.3 is 14.8 Å². The van der Waals surface area contributed by atoms with Crippen molar-refractivity contribution < 1.29 is 4.79 Å². The molecule has 0 spiro atoms. The van der Waals surface area contributed by atoms with Crippen LogP contribution in [0.1, 0.15) is 16.1 Å². The van der Waals surface area contributed by atoms with Crippen LogP contribution in [0, 0.1) is 6.92 Å². The molecule has 150 valence electrons. The number of anilines is 1. The molecule has 2 aromatic carbocycles. The zero-order valence-electron chi connectivity index (χ0n) is 16.9. The number of piperazine rings is 1. The molecular weight excluding hydrogens is 374 g/mol. The van der Waals surface area contributed by atoms with E-state index in [1.807, 2.05) is 47.4 Å². The predicted molar refractivity (Wildman–Crippen MR) is 119 cm³/mol. The maximum absolute atomic E-state index is 13.0. The van der Waals surface area contributed by atoms with Crippen LogP contribution in [0.15, 0.2) is 66.9 Å². The fraction of sp³-hybridized carbons (Fsp3) is 0.208. The average molecular weight is 397 g/mol. The number of nitrogens with one attached hydrogen (secondary N) is 1. The van der Waals surface area contributed by atoms with Crippen LogP contribution in [0.4, 0.5) is 5.82 Å². The molecule has 0 aliphatic carbocycles. The van der Waals surface area contributed by atoms with E-state index in [2.05, 4.69) is 40.0 Å². The van der Waals surface area contributed by atoms with E-state index in [0.29, 0.717) is 18.8 Å². The van der Waals surface area contributed by atoms with Gasteiger partial charge in [-0.3, -0.25) is 4.79 Å². The van der Waals surface area contributed by atoms with Crippen LogP contribution in [-0.2, 0) is 0 Å². The van der Waals surface area contributed by atoms with Crippen molar-refractivity contribution in [2.75, 3.05) is 31.1 Å². The van der Waals surface area contributed by atoms with Crippen molar-refractivity contribution in [3.8, 4) is 11.4 Å². The number of rotatable bonds is 3. The summed E-state index contributed by atoms with van der Waals surface area (Å²) in [6.07, 6.45) is 1.80. The van der Waals surface area contributed by atoms with E-state index >= 15 is 0 Å². The normalized spacial score (nSPS) is 14.3. The van der Waals surface area contributed by atoms with E-state index in [9.17, 15) is 4.79 Å². The SMILES string of the molecule is Cc1ccc2cc(C(=O)N3CCN(c4ccnc(-c5ccccc5)n4)CC3)[nH]c2c1. The highest BCUT2D eigenvalue weighted by molar-refractivity contribution is 5.98. The smallest absolute Gasteiger partial charge is 0.270 e. The van der Waals surface area contributed by atoms with Gasteiger partial charge in [0.1, 0.15) is 11.5 Å². The highest BCUT2D eigenvalue weighted by Gasteiger charge is 2.24. The van der Waals surface area contributed by atoms with E-state index in [4.69, 9.17) is 4.98 Å². The second kappa shape index (κ2) is 7.63. The van der Waals surface area contributed by atoms with Crippen LogP contribution >= 0.6 is 0 Å². The van der Waals surface area contributed by atoms with Crippen LogP contribution in [0.3, 0.4) is 0 Å². The lowest BCUT2D eigenvalue weighted by Crippen LogP contribution is -2.49. The Kier molecular flexibility index (Phi) is 4.67. The summed E-state index contributed by atoms with van der Waals surface area (Å²) in [4.78, 5) is 29.5. The van der Waals surface area contributed by atoms with Gasteiger partial charge in [-0.1, -0.05) is 42.5 Å². The topological polar surface area (TPSA) is 65.1 Å². The maximum Gasteiger partial charge on any atom is 0.270 e. The predicted octanol–water partition coefficient (Wildman–Crippen LogP) is 3.90. The van der Waals surface area contributed by atoms with Gasteiger partial charge in [-0.05, 0) is 30.7 Å². The van der Waals surface area contributed by atoms with Crippen LogP contribution < -0.4 is 4.90 Å². The number of aryl methyl sites for hydroxylation is 1. The summed E-state index contributed by atoms with van der Waals surface area (Å²) in [5, 5.41) is 1.07. The third kappa shape index (κ3) is 3.52. The molecule has 0 atom stereocenters. The first-order valence-corrected chi connectivity index (χ1v) is 10.2. The fourth-order valence-electron chi connectivity index (χ4n) is 3.92. The lowest BCUT2D eigenvalue weighted by molar-refractivity contribution is 0.0741. The number of aromatic amines is 1. The number of hydrogen-bond donors (Lipinski definition) is 1. The number of aromatic nitrogens is 3. The standard InChI is InChI=1S/C24H23N5O/c1-17-7-8-19-16-21(26-20(19)15-17)24(30)29-13-11-28(12-14-29)22-9-10-25-23(27-22)18-5-3-2-4-6-18/h2-10,15-16,26H,11-14H2,1H3. The van der Waals surface area contributed by atoms with Crippen LogP contribution in [0.2, 0.25) is 0 Å². The molecule has 1 aliphatic heterocycles. The summed E-state index contributed by atoms with van der Waals surface area (Å²) in [5.74, 6) is 1.67. The molecule has 1 amide bonds. The molecule has 0 saturated carbocycles. The molecule has 4 aromatic rings. The molecular formula is C24H23N5O. The van der Waals surface area contributed by atoms with E-state index in [1.165, 1.54) is 5.56 Å². The van der Waals surface area contributed by atoms with Gasteiger partial charge in [-0.25, -0.2) is 9.97 Å². The van der Waals surface area contributed by atoms with E-state index in [1.54, 1.807) is 6.20 Å². The van der Waals surface area contributed by atoms with Crippen molar-refractivity contribution in [1.82, 2.24) is 19.9 Å². The highest BCUT2D eigenvalue weighted by atomic mass is 16.2. The molecule has 5 rings (SSSR count). The third-order valence-corrected chi connectivity index (χ3v) is 5.57. The first-order valence-electron chi connectivity index (χ1n) is 10.2. The van der Waals surface area contributed by atoms with Gasteiger partial charge in [0.2, 0.25) is 0 Å². The molecule has 2 aromatic heterocycles. The Labute approximate surface area is 175 Å². The molecule has 3 heterocycles. The lowest BCUT2D eigenvalue weighted by atomic mass is 10.2. The Bertz CT molecular complexity index is 1190. The summed E-state index contributed by atoms with van der Waals surface area (Å²) in [5.41, 5.74) is 3.84. The van der Waals surface area contributed by atoms with Gasteiger partial charge in [-0.15, -0.1) is 0 Å². The van der Waals surface area contributed by atoms with Crippen molar-refractivity contribution in [2.24, 2.45) is 0 Å². The first-order chi connectivity index (χ1) is 14.7. The van der Waals surface area contributed by atoms with E-state index in [0.717, 1.165) is 41.2 Å². The van der Waals surface area contributed by atoms with Crippen molar-refractivity contribution >= 4 is 22.6 Å². The molecule has 1 fully saturated rings. The van der Waals surface area contributed by atoms with Gasteiger partial charge in [0.25, 0.3) is 5.91 Å². The van der Waals surface area contributed by atoms with Crippen molar-refractivity contribution in [1.29, 1.82) is 0 Å². The van der Waals surface area contributed by atoms with Gasteiger partial charge in [0.15, 0.2) is 5.82 Å². The van der Waals surface area contributed by atoms with Crippen LogP contribution in [0.5, 0.6) is 0 Å². The Morgan fingerprint density at radius 2 is 1.77 bits per heavy atom. The first kappa shape index (κ1) is 18.4. The largest absolute Gasteiger partial charge is 0.353 e. The number of hydrogen-bond acceptors (Lipinski definition) is 4. The Balaban J connectivity index is 1.28.